The van der Waals surface area contributed by atoms with Crippen LogP contribution >= 0.6 is 23.4 Å². The van der Waals surface area contributed by atoms with Crippen LogP contribution in [-0.4, -0.2) is 23.7 Å². The zero-order chi connectivity index (χ0) is 14.4. The lowest BCUT2D eigenvalue weighted by Crippen LogP contribution is -1.95. The van der Waals surface area contributed by atoms with Crippen molar-refractivity contribution in [2.45, 2.75) is 17.7 Å². The van der Waals surface area contributed by atoms with Gasteiger partial charge in [0.25, 0.3) is 0 Å². The minimum Gasteiger partial charge on any atom is -0.495 e. The molecule has 0 unspecified atom stereocenters. The normalized spacial score (nSPS) is 10.3. The maximum absolute atomic E-state index is 6.10. The fourth-order valence-electron chi connectivity index (χ4n) is 1.59. The highest BCUT2D eigenvalue weighted by Crippen LogP contribution is 2.28. The molecule has 2 aromatic rings. The highest BCUT2D eigenvalue weighted by atomic mass is 35.5. The van der Waals surface area contributed by atoms with Gasteiger partial charge in [0.1, 0.15) is 17.1 Å². The van der Waals surface area contributed by atoms with E-state index < -0.39 is 0 Å². The zero-order valence-corrected chi connectivity index (χ0v) is 12.9. The van der Waals surface area contributed by atoms with E-state index in [2.05, 4.69) is 9.97 Å². The van der Waals surface area contributed by atoms with Gasteiger partial charge in [-0.05, 0) is 24.6 Å². The van der Waals surface area contributed by atoms with Gasteiger partial charge in [-0.15, -0.1) is 11.8 Å². The van der Waals surface area contributed by atoms with Crippen molar-refractivity contribution in [1.82, 2.24) is 9.97 Å². The van der Waals surface area contributed by atoms with Gasteiger partial charge in [-0.25, -0.2) is 9.97 Å². The van der Waals surface area contributed by atoms with Crippen LogP contribution in [0.1, 0.15) is 12.5 Å². The number of nitrogens with zero attached hydrogens (tertiary/aromatic N) is 2. The number of ether oxygens (including phenoxy) is 2. The maximum Gasteiger partial charge on any atom is 0.217 e. The zero-order valence-electron chi connectivity index (χ0n) is 11.3. The number of hydrogen-bond acceptors (Lipinski definition) is 5. The molecule has 0 radical (unpaired) electrons. The molecule has 0 amide bonds. The molecule has 0 aliphatic carbocycles. The van der Waals surface area contributed by atoms with E-state index in [1.165, 1.54) is 6.33 Å². The summed E-state index contributed by atoms with van der Waals surface area (Å²) in [6.07, 6.45) is 1.51. The number of aromatic nitrogens is 2. The number of methoxy groups -OCH3 is 1. The Hall–Kier alpha value is -1.46. The van der Waals surface area contributed by atoms with Crippen molar-refractivity contribution >= 4 is 23.4 Å². The second kappa shape index (κ2) is 7.36. The number of rotatable bonds is 6. The van der Waals surface area contributed by atoms with Crippen molar-refractivity contribution in [2.75, 3.05) is 13.7 Å². The van der Waals surface area contributed by atoms with Gasteiger partial charge < -0.3 is 9.47 Å². The summed E-state index contributed by atoms with van der Waals surface area (Å²) < 4.78 is 10.5. The Balaban J connectivity index is 2.01. The molecular formula is C14H15ClN2O2S. The van der Waals surface area contributed by atoms with Gasteiger partial charge in [-0.3, -0.25) is 0 Å². The second-order valence-corrected chi connectivity index (χ2v) is 5.29. The first-order chi connectivity index (χ1) is 9.72. The number of thioether (sulfide) groups is 1. The fraction of sp³-hybridized carbons (Fsp3) is 0.286. The lowest BCUT2D eigenvalue weighted by molar-refractivity contribution is 0.325. The Labute approximate surface area is 127 Å². The molecule has 20 heavy (non-hydrogen) atoms. The molecule has 0 saturated heterocycles. The topological polar surface area (TPSA) is 44.2 Å². The van der Waals surface area contributed by atoms with Crippen LogP contribution in [0.5, 0.6) is 11.6 Å². The summed E-state index contributed by atoms with van der Waals surface area (Å²) in [4.78, 5) is 8.24. The smallest absolute Gasteiger partial charge is 0.217 e. The molecule has 1 aromatic heterocycles. The van der Waals surface area contributed by atoms with Crippen LogP contribution in [0.3, 0.4) is 0 Å². The summed E-state index contributed by atoms with van der Waals surface area (Å²) in [6, 6.07) is 7.59. The highest BCUT2D eigenvalue weighted by Gasteiger charge is 2.04. The summed E-state index contributed by atoms with van der Waals surface area (Å²) in [7, 11) is 1.60. The third kappa shape index (κ3) is 4.02. The molecular weight excluding hydrogens is 296 g/mol. The molecule has 106 valence electrons. The fourth-order valence-corrected chi connectivity index (χ4v) is 2.67. The molecule has 0 aliphatic rings. The van der Waals surface area contributed by atoms with E-state index in [9.17, 15) is 0 Å². The molecule has 2 rings (SSSR count). The van der Waals surface area contributed by atoms with Crippen molar-refractivity contribution < 1.29 is 9.47 Å². The van der Waals surface area contributed by atoms with Crippen LogP contribution in [0, 0.1) is 0 Å². The molecule has 0 saturated carbocycles. The van der Waals surface area contributed by atoms with Gasteiger partial charge in [0.15, 0.2) is 0 Å². The number of hydrogen-bond donors (Lipinski definition) is 0. The van der Waals surface area contributed by atoms with Crippen LogP contribution in [0.15, 0.2) is 35.6 Å². The molecule has 1 heterocycles. The minimum atomic E-state index is 0.592. The molecule has 0 N–H and O–H groups in total. The Morgan fingerprint density at radius 3 is 2.80 bits per heavy atom. The van der Waals surface area contributed by atoms with Gasteiger partial charge >= 0.3 is 0 Å². The highest BCUT2D eigenvalue weighted by molar-refractivity contribution is 7.98. The van der Waals surface area contributed by atoms with Crippen LogP contribution < -0.4 is 9.47 Å². The van der Waals surface area contributed by atoms with Gasteiger partial charge in [0.05, 0.1) is 18.7 Å². The van der Waals surface area contributed by atoms with E-state index >= 15 is 0 Å². The van der Waals surface area contributed by atoms with Gasteiger partial charge in [0, 0.05) is 11.8 Å². The largest absolute Gasteiger partial charge is 0.495 e. The van der Waals surface area contributed by atoms with E-state index in [1.54, 1.807) is 18.9 Å². The summed E-state index contributed by atoms with van der Waals surface area (Å²) in [6.45, 7) is 2.52. The molecule has 0 aliphatic heterocycles. The molecule has 0 bridgehead atoms. The maximum atomic E-state index is 6.10. The van der Waals surface area contributed by atoms with E-state index in [0.717, 1.165) is 16.3 Å². The summed E-state index contributed by atoms with van der Waals surface area (Å²) in [5.41, 5.74) is 1.11. The van der Waals surface area contributed by atoms with E-state index in [1.807, 2.05) is 31.2 Å². The Morgan fingerprint density at radius 1 is 1.25 bits per heavy atom. The standard InChI is InChI=1S/C14H15ClN2O2S/c1-3-19-13-7-14(17-9-16-13)20-8-10-4-5-12(18-2)11(15)6-10/h4-7,9H,3,8H2,1-2H3. The number of benzene rings is 1. The molecule has 4 nitrogen and oxygen atoms in total. The van der Waals surface area contributed by atoms with E-state index in [-0.39, 0.29) is 0 Å². The van der Waals surface area contributed by atoms with Crippen LogP contribution in [0.4, 0.5) is 0 Å². The lowest BCUT2D eigenvalue weighted by atomic mass is 10.2. The van der Waals surface area contributed by atoms with Crippen molar-refractivity contribution in [3.05, 3.63) is 41.2 Å². The predicted octanol–water partition coefficient (Wildman–Crippen LogP) is 3.83. The van der Waals surface area contributed by atoms with Crippen molar-refractivity contribution in [1.29, 1.82) is 0 Å². The quantitative estimate of drug-likeness (QED) is 0.599. The predicted molar refractivity (Wildman–Crippen MR) is 80.8 cm³/mol. The average Bonchev–Trinajstić information content (AvgIpc) is 2.46. The Kier molecular flexibility index (Phi) is 5.49. The van der Waals surface area contributed by atoms with Gasteiger partial charge in [-0.1, -0.05) is 17.7 Å². The Morgan fingerprint density at radius 2 is 2.10 bits per heavy atom. The molecule has 0 spiro atoms. The molecule has 0 atom stereocenters. The summed E-state index contributed by atoms with van der Waals surface area (Å²) in [5.74, 6) is 2.05. The monoisotopic (exact) mass is 310 g/mol. The summed E-state index contributed by atoms with van der Waals surface area (Å²) in [5, 5.41) is 1.48. The first kappa shape index (κ1) is 14.9. The Bertz CT molecular complexity index is 581. The van der Waals surface area contributed by atoms with Gasteiger partial charge in [0.2, 0.25) is 5.88 Å². The van der Waals surface area contributed by atoms with Gasteiger partial charge in [-0.2, -0.15) is 0 Å². The second-order valence-electron chi connectivity index (χ2n) is 3.89. The van der Waals surface area contributed by atoms with Crippen LogP contribution in [0.25, 0.3) is 0 Å². The lowest BCUT2D eigenvalue weighted by Gasteiger charge is -2.06. The van der Waals surface area contributed by atoms with Crippen molar-refractivity contribution in [2.24, 2.45) is 0 Å². The number of halogens is 1. The van der Waals surface area contributed by atoms with Crippen LogP contribution in [-0.2, 0) is 5.75 Å². The third-order valence-electron chi connectivity index (χ3n) is 2.51. The minimum absolute atomic E-state index is 0.592. The SMILES string of the molecule is CCOc1cc(SCc2ccc(OC)c(Cl)c2)ncn1. The van der Waals surface area contributed by atoms with Crippen molar-refractivity contribution in [3.63, 3.8) is 0 Å². The molecule has 0 fully saturated rings. The van der Waals surface area contributed by atoms with Crippen molar-refractivity contribution in [3.8, 4) is 11.6 Å². The molecule has 1 aromatic carbocycles. The third-order valence-corrected chi connectivity index (χ3v) is 3.80. The molecule has 6 heteroatoms. The van der Waals surface area contributed by atoms with E-state index in [0.29, 0.717) is 23.3 Å². The average molecular weight is 311 g/mol. The van der Waals surface area contributed by atoms with Crippen LogP contribution in [0.2, 0.25) is 5.02 Å². The first-order valence-electron chi connectivity index (χ1n) is 6.13. The first-order valence-corrected chi connectivity index (χ1v) is 7.49. The van der Waals surface area contributed by atoms with E-state index in [4.69, 9.17) is 21.1 Å². The summed E-state index contributed by atoms with van der Waals surface area (Å²) >= 11 is 7.70.